The van der Waals surface area contributed by atoms with Gasteiger partial charge >= 0.3 is 0 Å². The predicted octanol–water partition coefficient (Wildman–Crippen LogP) is 2.70. The monoisotopic (exact) mass is 255 g/mol. The van der Waals surface area contributed by atoms with Crippen LogP contribution in [0.4, 0.5) is 5.69 Å². The van der Waals surface area contributed by atoms with Gasteiger partial charge in [0.15, 0.2) is 0 Å². The number of hydrazone groups is 1. The van der Waals surface area contributed by atoms with Crippen molar-refractivity contribution >= 4 is 34.1 Å². The van der Waals surface area contributed by atoms with E-state index in [1.165, 1.54) is 0 Å². The van der Waals surface area contributed by atoms with Gasteiger partial charge < -0.3 is 4.98 Å². The van der Waals surface area contributed by atoms with Crippen LogP contribution in [-0.2, 0) is 0 Å². The van der Waals surface area contributed by atoms with Crippen LogP contribution in [-0.4, -0.2) is 17.0 Å². The van der Waals surface area contributed by atoms with Crippen molar-refractivity contribution in [1.82, 2.24) is 4.98 Å². The Kier molecular flexibility index (Phi) is 3.52. The molecule has 2 rings (SSSR count). The second kappa shape index (κ2) is 5.26. The van der Waals surface area contributed by atoms with Crippen LogP contribution < -0.4 is 5.43 Å². The number of rotatable bonds is 3. The second-order valence-corrected chi connectivity index (χ2v) is 4.26. The van der Waals surface area contributed by atoms with Crippen LogP contribution in [0, 0.1) is 22.7 Å². The van der Waals surface area contributed by atoms with E-state index in [4.69, 9.17) is 10.5 Å². The molecule has 0 atom stereocenters. The fraction of sp³-hybridized carbons (Fsp3) is 0.0833. The molecular weight excluding hydrogens is 246 g/mol. The molecule has 0 aliphatic rings. The smallest absolute Gasteiger partial charge is 0.237 e. The summed E-state index contributed by atoms with van der Waals surface area (Å²) in [5.74, 6) is 0. The number of benzene rings is 1. The third-order valence-electron chi connectivity index (χ3n) is 2.37. The van der Waals surface area contributed by atoms with E-state index in [9.17, 15) is 0 Å². The summed E-state index contributed by atoms with van der Waals surface area (Å²) in [6.07, 6.45) is 3.95. The maximum atomic E-state index is 8.57. The molecule has 1 heterocycles. The number of H-pyrrole nitrogens is 1. The summed E-state index contributed by atoms with van der Waals surface area (Å²) >= 11 is 1.65. The van der Waals surface area contributed by atoms with Crippen LogP contribution in [0.3, 0.4) is 0 Å². The van der Waals surface area contributed by atoms with Gasteiger partial charge in [0.2, 0.25) is 5.71 Å². The Morgan fingerprint density at radius 2 is 2.17 bits per heavy atom. The van der Waals surface area contributed by atoms with Crippen LogP contribution in [0.15, 0.2) is 34.4 Å². The summed E-state index contributed by atoms with van der Waals surface area (Å²) in [5, 5.41) is 21.9. The first-order valence-corrected chi connectivity index (χ1v) is 6.30. The SMILES string of the molecule is CSc1c[nH]c2ccc(NN=C(C#N)C#N)cc12. The molecule has 6 heteroatoms. The fourth-order valence-electron chi connectivity index (χ4n) is 1.53. The molecule has 0 amide bonds. The average molecular weight is 255 g/mol. The van der Waals surface area contributed by atoms with Crippen LogP contribution in [0.25, 0.3) is 10.9 Å². The van der Waals surface area contributed by atoms with E-state index in [2.05, 4.69) is 15.5 Å². The average Bonchev–Trinajstić information content (AvgIpc) is 2.82. The lowest BCUT2D eigenvalue weighted by Gasteiger charge is -2.00. The number of nitriles is 2. The Morgan fingerprint density at radius 1 is 1.39 bits per heavy atom. The molecule has 0 unspecified atom stereocenters. The molecule has 0 bridgehead atoms. The molecule has 0 fully saturated rings. The maximum Gasteiger partial charge on any atom is 0.237 e. The van der Waals surface area contributed by atoms with Crippen molar-refractivity contribution in [2.45, 2.75) is 4.90 Å². The third kappa shape index (κ3) is 2.29. The van der Waals surface area contributed by atoms with E-state index in [-0.39, 0.29) is 5.71 Å². The van der Waals surface area contributed by atoms with E-state index in [0.717, 1.165) is 21.5 Å². The minimum absolute atomic E-state index is 0.200. The molecule has 2 aromatic rings. The molecule has 5 nitrogen and oxygen atoms in total. The van der Waals surface area contributed by atoms with Crippen LogP contribution in [0.5, 0.6) is 0 Å². The summed E-state index contributed by atoms with van der Waals surface area (Å²) in [6, 6.07) is 9.06. The summed E-state index contributed by atoms with van der Waals surface area (Å²) < 4.78 is 0. The number of fused-ring (bicyclic) bond motifs is 1. The van der Waals surface area contributed by atoms with Crippen molar-refractivity contribution in [2.24, 2.45) is 5.10 Å². The fourth-order valence-corrected chi connectivity index (χ4v) is 2.09. The minimum Gasteiger partial charge on any atom is -0.360 e. The summed E-state index contributed by atoms with van der Waals surface area (Å²) in [6.45, 7) is 0. The topological polar surface area (TPSA) is 87.8 Å². The first-order chi connectivity index (χ1) is 8.78. The number of hydrogen-bond donors (Lipinski definition) is 2. The van der Waals surface area contributed by atoms with Gasteiger partial charge in [-0.15, -0.1) is 11.8 Å². The molecule has 0 aliphatic carbocycles. The largest absolute Gasteiger partial charge is 0.360 e. The van der Waals surface area contributed by atoms with E-state index in [1.807, 2.05) is 30.7 Å². The quantitative estimate of drug-likeness (QED) is 0.501. The number of aromatic nitrogens is 1. The van der Waals surface area contributed by atoms with E-state index < -0.39 is 0 Å². The van der Waals surface area contributed by atoms with Crippen molar-refractivity contribution in [3.8, 4) is 12.1 Å². The second-order valence-electron chi connectivity index (χ2n) is 3.41. The van der Waals surface area contributed by atoms with E-state index >= 15 is 0 Å². The standard InChI is InChI=1S/C12H9N5S/c1-18-12-7-15-11-3-2-8(4-10(11)12)16-17-9(5-13)6-14/h2-4,7,15-16H,1H3. The van der Waals surface area contributed by atoms with Crippen molar-refractivity contribution in [3.05, 3.63) is 24.4 Å². The van der Waals surface area contributed by atoms with Gasteiger partial charge in [-0.3, -0.25) is 5.43 Å². The van der Waals surface area contributed by atoms with Crippen molar-refractivity contribution in [2.75, 3.05) is 11.7 Å². The molecule has 0 spiro atoms. The lowest BCUT2D eigenvalue weighted by molar-refractivity contribution is 1.34. The van der Waals surface area contributed by atoms with Crippen molar-refractivity contribution in [1.29, 1.82) is 10.5 Å². The molecule has 0 saturated heterocycles. The molecule has 1 aromatic heterocycles. The van der Waals surface area contributed by atoms with Gasteiger partial charge in [0.1, 0.15) is 12.1 Å². The molecule has 0 saturated carbocycles. The normalized spacial score (nSPS) is 9.50. The van der Waals surface area contributed by atoms with E-state index in [1.54, 1.807) is 23.9 Å². The molecule has 1 aromatic carbocycles. The van der Waals surface area contributed by atoms with Gasteiger partial charge in [0, 0.05) is 22.0 Å². The number of nitrogens with zero attached hydrogens (tertiary/aromatic N) is 3. The van der Waals surface area contributed by atoms with Crippen molar-refractivity contribution < 1.29 is 0 Å². The van der Waals surface area contributed by atoms with Gasteiger partial charge in [-0.1, -0.05) is 0 Å². The molecule has 88 valence electrons. The molecule has 2 N–H and O–H groups in total. The zero-order chi connectivity index (χ0) is 13.0. The zero-order valence-electron chi connectivity index (χ0n) is 9.56. The van der Waals surface area contributed by atoms with Crippen LogP contribution in [0.2, 0.25) is 0 Å². The van der Waals surface area contributed by atoms with Crippen LogP contribution in [0.1, 0.15) is 0 Å². The number of nitrogens with one attached hydrogen (secondary N) is 2. The Labute approximate surface area is 108 Å². The Balaban J connectivity index is 2.33. The van der Waals surface area contributed by atoms with Gasteiger partial charge in [-0.25, -0.2) is 0 Å². The van der Waals surface area contributed by atoms with Gasteiger partial charge in [-0.2, -0.15) is 15.6 Å². The minimum atomic E-state index is -0.200. The Morgan fingerprint density at radius 3 is 2.83 bits per heavy atom. The summed E-state index contributed by atoms with van der Waals surface area (Å²) in [4.78, 5) is 4.30. The predicted molar refractivity (Wildman–Crippen MR) is 72.4 cm³/mol. The molecular formula is C12H9N5S. The molecule has 0 radical (unpaired) electrons. The maximum absolute atomic E-state index is 8.57. The van der Waals surface area contributed by atoms with Gasteiger partial charge in [-0.05, 0) is 24.5 Å². The third-order valence-corrected chi connectivity index (χ3v) is 3.15. The van der Waals surface area contributed by atoms with Crippen LogP contribution >= 0.6 is 11.8 Å². The lowest BCUT2D eigenvalue weighted by Crippen LogP contribution is -1.96. The first kappa shape index (κ1) is 12.0. The highest BCUT2D eigenvalue weighted by Crippen LogP contribution is 2.28. The number of anilines is 1. The zero-order valence-corrected chi connectivity index (χ0v) is 10.4. The van der Waals surface area contributed by atoms with E-state index in [0.29, 0.717) is 0 Å². The van der Waals surface area contributed by atoms with Gasteiger partial charge in [0.25, 0.3) is 0 Å². The van der Waals surface area contributed by atoms with Gasteiger partial charge in [0.05, 0.1) is 5.69 Å². The number of aromatic amines is 1. The number of hydrogen-bond acceptors (Lipinski definition) is 5. The summed E-state index contributed by atoms with van der Waals surface area (Å²) in [5.41, 5.74) is 4.27. The molecule has 0 aliphatic heterocycles. The Hall–Kier alpha value is -2.44. The first-order valence-electron chi connectivity index (χ1n) is 5.07. The highest BCUT2D eigenvalue weighted by Gasteiger charge is 2.03. The van der Waals surface area contributed by atoms with Crippen molar-refractivity contribution in [3.63, 3.8) is 0 Å². The summed E-state index contributed by atoms with van der Waals surface area (Å²) in [7, 11) is 0. The highest BCUT2D eigenvalue weighted by molar-refractivity contribution is 7.98. The molecule has 18 heavy (non-hydrogen) atoms. The number of thioether (sulfide) groups is 1. The highest BCUT2D eigenvalue weighted by atomic mass is 32.2. The Bertz CT molecular complexity index is 671. The lowest BCUT2D eigenvalue weighted by atomic mass is 10.2.